The number of amides is 1. The molecule has 4 rings (SSSR count). The number of anilines is 2. The molecule has 2 aromatic heterocycles. The van der Waals surface area contributed by atoms with Crippen LogP contribution in [-0.4, -0.2) is 29.1 Å². The molecule has 1 aliphatic rings. The number of thiazole rings is 1. The maximum Gasteiger partial charge on any atom is 0.283 e. The summed E-state index contributed by atoms with van der Waals surface area (Å²) in [5.74, 6) is -0.355. The van der Waals surface area contributed by atoms with E-state index in [2.05, 4.69) is 36.1 Å². The number of aromatic nitrogens is 3. The van der Waals surface area contributed by atoms with Gasteiger partial charge in [0.1, 0.15) is 12.2 Å². The summed E-state index contributed by atoms with van der Waals surface area (Å²) >= 11 is 4.34. The van der Waals surface area contributed by atoms with Crippen LogP contribution in [0.2, 0.25) is 0 Å². The minimum Gasteiger partial charge on any atom is -0.324 e. The number of rotatable bonds is 8. The highest BCUT2D eigenvalue weighted by Crippen LogP contribution is 2.45. The molecular formula is C18H16BrF2N5O3S2. The molecule has 8 nitrogen and oxygen atoms in total. The van der Waals surface area contributed by atoms with E-state index in [-0.39, 0.29) is 32.7 Å². The smallest absolute Gasteiger partial charge is 0.283 e. The van der Waals surface area contributed by atoms with Crippen molar-refractivity contribution in [2.75, 3.05) is 10.0 Å². The van der Waals surface area contributed by atoms with Crippen LogP contribution in [0.4, 0.5) is 19.6 Å². The van der Waals surface area contributed by atoms with Gasteiger partial charge in [-0.3, -0.25) is 14.2 Å². The molecule has 0 bridgehead atoms. The highest BCUT2D eigenvalue weighted by Gasteiger charge is 2.34. The van der Waals surface area contributed by atoms with Crippen molar-refractivity contribution in [1.29, 1.82) is 0 Å². The Bertz CT molecular complexity index is 1190. The molecule has 0 spiro atoms. The Kier molecular flexibility index (Phi) is 6.08. The van der Waals surface area contributed by atoms with Gasteiger partial charge in [-0.15, -0.1) is 11.3 Å². The first-order chi connectivity index (χ1) is 14.7. The summed E-state index contributed by atoms with van der Waals surface area (Å²) in [6.07, 6.45) is 0.459. The molecule has 0 saturated heterocycles. The van der Waals surface area contributed by atoms with Gasteiger partial charge in [0.2, 0.25) is 5.91 Å². The predicted molar refractivity (Wildman–Crippen MR) is 115 cm³/mol. The minimum atomic E-state index is -3.80. The maximum atomic E-state index is 13.2. The van der Waals surface area contributed by atoms with Crippen LogP contribution in [0.25, 0.3) is 0 Å². The number of halogens is 3. The average Bonchev–Trinajstić information content (AvgIpc) is 3.31. The van der Waals surface area contributed by atoms with Gasteiger partial charge in [-0.25, -0.2) is 22.2 Å². The number of hydrogen-bond donors (Lipinski definition) is 2. The zero-order chi connectivity index (χ0) is 22.2. The van der Waals surface area contributed by atoms with Crippen LogP contribution in [-0.2, 0) is 21.4 Å². The molecule has 1 aromatic carbocycles. The van der Waals surface area contributed by atoms with Crippen molar-refractivity contribution in [3.05, 3.63) is 51.7 Å². The van der Waals surface area contributed by atoms with E-state index in [0.717, 1.165) is 24.2 Å². The molecule has 0 atom stereocenters. The van der Waals surface area contributed by atoms with E-state index >= 15 is 0 Å². The largest absolute Gasteiger partial charge is 0.324 e. The second-order valence-corrected chi connectivity index (χ2v) is 10.2. The molecule has 164 valence electrons. The molecule has 0 aliphatic heterocycles. The summed E-state index contributed by atoms with van der Waals surface area (Å²) < 4.78 is 55.0. The second-order valence-electron chi connectivity index (χ2n) is 6.83. The highest BCUT2D eigenvalue weighted by atomic mass is 79.9. The Morgan fingerprint density at radius 1 is 1.29 bits per heavy atom. The molecule has 13 heteroatoms. The number of carbonyl (C=O) groups excluding carboxylic acids is 1. The Labute approximate surface area is 188 Å². The van der Waals surface area contributed by atoms with Crippen molar-refractivity contribution >= 4 is 54.0 Å². The molecule has 2 heterocycles. The molecule has 1 aliphatic carbocycles. The molecular weight excluding hydrogens is 516 g/mol. The topological polar surface area (TPSA) is 106 Å². The van der Waals surface area contributed by atoms with Crippen LogP contribution in [0.1, 0.15) is 36.6 Å². The standard InChI is InChI=1S/C18H16BrF2N5O3S2/c19-14-15(17(20)21)24-26(16(14)10-1-2-10)9-13(27)23-11-3-5-12(6-4-11)31(28,29)25-18-22-7-8-30-18/h3-8,10,17H,1-2,9H2,(H,22,25)(H,23,27). The predicted octanol–water partition coefficient (Wildman–Crippen LogP) is 4.36. The lowest BCUT2D eigenvalue weighted by atomic mass is 10.2. The van der Waals surface area contributed by atoms with Crippen molar-refractivity contribution in [3.63, 3.8) is 0 Å². The number of sulfonamides is 1. The number of hydrogen-bond acceptors (Lipinski definition) is 6. The molecule has 1 saturated carbocycles. The van der Waals surface area contributed by atoms with Gasteiger partial charge in [-0.1, -0.05) is 0 Å². The van der Waals surface area contributed by atoms with Crippen LogP contribution in [0.5, 0.6) is 0 Å². The van der Waals surface area contributed by atoms with Crippen molar-refractivity contribution in [3.8, 4) is 0 Å². The van der Waals surface area contributed by atoms with Gasteiger partial charge in [-0.05, 0) is 53.0 Å². The van der Waals surface area contributed by atoms with Crippen molar-refractivity contribution in [2.24, 2.45) is 0 Å². The Balaban J connectivity index is 1.44. The molecule has 3 aromatic rings. The minimum absolute atomic E-state index is 0.00861. The van der Waals surface area contributed by atoms with Gasteiger partial charge in [0.05, 0.1) is 15.1 Å². The zero-order valence-corrected chi connectivity index (χ0v) is 19.0. The van der Waals surface area contributed by atoms with Crippen molar-refractivity contribution in [2.45, 2.75) is 36.6 Å². The summed E-state index contributed by atoms with van der Waals surface area (Å²) in [6, 6.07) is 5.58. The fourth-order valence-corrected chi connectivity index (χ4v) is 5.55. The van der Waals surface area contributed by atoms with E-state index in [1.54, 1.807) is 5.38 Å². The van der Waals surface area contributed by atoms with Crippen LogP contribution in [0.3, 0.4) is 0 Å². The number of benzene rings is 1. The summed E-state index contributed by atoms with van der Waals surface area (Å²) in [5, 5.41) is 8.43. The summed E-state index contributed by atoms with van der Waals surface area (Å²) in [4.78, 5) is 16.3. The Morgan fingerprint density at radius 2 is 2.00 bits per heavy atom. The SMILES string of the molecule is O=C(Cn1nc(C(F)F)c(Br)c1C1CC1)Nc1ccc(S(=O)(=O)Nc2nccs2)cc1. The average molecular weight is 532 g/mol. The fourth-order valence-electron chi connectivity index (χ4n) is 2.98. The lowest BCUT2D eigenvalue weighted by Crippen LogP contribution is -2.21. The van der Waals surface area contributed by atoms with Crippen molar-refractivity contribution in [1.82, 2.24) is 14.8 Å². The van der Waals surface area contributed by atoms with Crippen LogP contribution >= 0.6 is 27.3 Å². The number of carbonyl (C=O) groups is 1. The van der Waals surface area contributed by atoms with Gasteiger partial charge in [0.15, 0.2) is 5.13 Å². The third kappa shape index (κ3) is 4.93. The van der Waals surface area contributed by atoms with Crippen LogP contribution in [0, 0.1) is 0 Å². The first kappa shape index (κ1) is 21.8. The molecule has 0 radical (unpaired) electrons. The Hall–Kier alpha value is -2.38. The van der Waals surface area contributed by atoms with E-state index in [0.29, 0.717) is 11.4 Å². The number of nitrogens with one attached hydrogen (secondary N) is 2. The zero-order valence-electron chi connectivity index (χ0n) is 15.8. The molecule has 2 N–H and O–H groups in total. The van der Waals surface area contributed by atoms with Crippen molar-refractivity contribution < 1.29 is 22.0 Å². The van der Waals surface area contributed by atoms with E-state index in [1.807, 2.05) is 0 Å². The van der Waals surface area contributed by atoms with E-state index < -0.39 is 22.4 Å². The second kappa shape index (κ2) is 8.63. The lowest BCUT2D eigenvalue weighted by Gasteiger charge is -2.10. The van der Waals surface area contributed by atoms with E-state index in [1.165, 1.54) is 35.1 Å². The first-order valence-corrected chi connectivity index (χ1v) is 12.3. The van der Waals surface area contributed by atoms with Gasteiger partial charge in [0.25, 0.3) is 16.4 Å². The quantitative estimate of drug-likeness (QED) is 0.449. The molecule has 1 fully saturated rings. The summed E-state index contributed by atoms with van der Waals surface area (Å²) in [7, 11) is -3.80. The van der Waals surface area contributed by atoms with Gasteiger partial charge in [0, 0.05) is 23.2 Å². The third-order valence-electron chi connectivity index (χ3n) is 4.52. The maximum absolute atomic E-state index is 13.2. The summed E-state index contributed by atoms with van der Waals surface area (Å²) in [5.41, 5.74) is 0.587. The lowest BCUT2D eigenvalue weighted by molar-refractivity contribution is -0.117. The first-order valence-electron chi connectivity index (χ1n) is 9.11. The molecule has 0 unspecified atom stereocenters. The van der Waals surface area contributed by atoms with Gasteiger partial charge < -0.3 is 5.32 Å². The van der Waals surface area contributed by atoms with Crippen LogP contribution in [0.15, 0.2) is 45.2 Å². The molecule has 31 heavy (non-hydrogen) atoms. The van der Waals surface area contributed by atoms with Gasteiger partial charge in [-0.2, -0.15) is 5.10 Å². The van der Waals surface area contributed by atoms with E-state index in [9.17, 15) is 22.0 Å². The van der Waals surface area contributed by atoms with Crippen LogP contribution < -0.4 is 10.0 Å². The highest BCUT2D eigenvalue weighted by molar-refractivity contribution is 9.10. The van der Waals surface area contributed by atoms with E-state index in [4.69, 9.17) is 0 Å². The van der Waals surface area contributed by atoms with Gasteiger partial charge >= 0.3 is 0 Å². The Morgan fingerprint density at radius 3 is 2.58 bits per heavy atom. The fraction of sp³-hybridized carbons (Fsp3) is 0.278. The third-order valence-corrected chi connectivity index (χ3v) is 7.51. The normalized spacial score (nSPS) is 14.1. The number of alkyl halides is 2. The monoisotopic (exact) mass is 531 g/mol. The number of nitrogens with zero attached hydrogens (tertiary/aromatic N) is 3. The molecule has 1 amide bonds. The summed E-state index contributed by atoms with van der Waals surface area (Å²) in [6.45, 7) is -0.233.